The zero-order chi connectivity index (χ0) is 18.1. The summed E-state index contributed by atoms with van der Waals surface area (Å²) in [4.78, 5) is 16.3. The van der Waals surface area contributed by atoms with Crippen LogP contribution in [0.25, 0.3) is 11.5 Å². The second kappa shape index (κ2) is 6.86. The SMILES string of the molecule is Cc1nc(-c2ccccn2)nc(N2CCC(Cc3cnn(C)c3)C2)c1C. The molecule has 6 heteroatoms. The largest absolute Gasteiger partial charge is 0.356 e. The molecule has 26 heavy (non-hydrogen) atoms. The molecule has 1 fully saturated rings. The van der Waals surface area contributed by atoms with Crippen LogP contribution < -0.4 is 4.90 Å². The molecule has 1 atom stereocenters. The molecule has 0 spiro atoms. The van der Waals surface area contributed by atoms with Crippen molar-refractivity contribution in [3.05, 3.63) is 53.6 Å². The monoisotopic (exact) mass is 348 g/mol. The van der Waals surface area contributed by atoms with Crippen molar-refractivity contribution < 1.29 is 0 Å². The van der Waals surface area contributed by atoms with Crippen LogP contribution in [0.4, 0.5) is 5.82 Å². The van der Waals surface area contributed by atoms with Gasteiger partial charge in [-0.05, 0) is 50.3 Å². The summed E-state index contributed by atoms with van der Waals surface area (Å²) < 4.78 is 1.87. The fraction of sp³-hybridized carbons (Fsp3) is 0.400. The van der Waals surface area contributed by atoms with Crippen molar-refractivity contribution in [2.24, 2.45) is 13.0 Å². The van der Waals surface area contributed by atoms with E-state index in [1.165, 1.54) is 12.0 Å². The molecule has 4 rings (SSSR count). The van der Waals surface area contributed by atoms with Crippen molar-refractivity contribution in [2.75, 3.05) is 18.0 Å². The van der Waals surface area contributed by atoms with Crippen LogP contribution in [0, 0.1) is 19.8 Å². The Bertz CT molecular complexity index is 902. The maximum Gasteiger partial charge on any atom is 0.180 e. The summed E-state index contributed by atoms with van der Waals surface area (Å²) in [6.07, 6.45) is 8.12. The van der Waals surface area contributed by atoms with Crippen molar-refractivity contribution in [2.45, 2.75) is 26.7 Å². The maximum absolute atomic E-state index is 4.87. The van der Waals surface area contributed by atoms with Crippen LogP contribution in [-0.4, -0.2) is 37.8 Å². The van der Waals surface area contributed by atoms with Crippen LogP contribution in [0.5, 0.6) is 0 Å². The summed E-state index contributed by atoms with van der Waals surface area (Å²) in [7, 11) is 1.97. The molecule has 0 amide bonds. The number of hydrogen-bond acceptors (Lipinski definition) is 5. The number of anilines is 1. The van der Waals surface area contributed by atoms with E-state index in [4.69, 9.17) is 4.98 Å². The highest BCUT2D eigenvalue weighted by atomic mass is 15.2. The van der Waals surface area contributed by atoms with E-state index in [0.29, 0.717) is 11.7 Å². The van der Waals surface area contributed by atoms with Crippen LogP contribution in [0.15, 0.2) is 36.8 Å². The summed E-state index contributed by atoms with van der Waals surface area (Å²) in [5.41, 5.74) is 4.31. The van der Waals surface area contributed by atoms with E-state index in [9.17, 15) is 0 Å². The molecular weight excluding hydrogens is 324 g/mol. The Hall–Kier alpha value is -2.76. The zero-order valence-corrected chi connectivity index (χ0v) is 15.6. The fourth-order valence-corrected chi connectivity index (χ4v) is 3.63. The molecule has 1 unspecified atom stereocenters. The molecule has 4 heterocycles. The molecule has 3 aromatic rings. The lowest BCUT2D eigenvalue weighted by Crippen LogP contribution is -2.23. The molecule has 1 saturated heterocycles. The molecule has 6 nitrogen and oxygen atoms in total. The minimum Gasteiger partial charge on any atom is -0.356 e. The molecule has 0 saturated carbocycles. The third kappa shape index (κ3) is 3.31. The van der Waals surface area contributed by atoms with E-state index >= 15 is 0 Å². The van der Waals surface area contributed by atoms with Crippen LogP contribution in [0.3, 0.4) is 0 Å². The van der Waals surface area contributed by atoms with Gasteiger partial charge in [-0.15, -0.1) is 0 Å². The standard InChI is InChI=1S/C20H24N6/c1-14-15(2)23-19(18-6-4-5-8-21-18)24-20(14)26-9-7-16(13-26)10-17-11-22-25(3)12-17/h4-6,8,11-12,16H,7,9-10,13H2,1-3H3. The summed E-state index contributed by atoms with van der Waals surface area (Å²) in [5.74, 6) is 2.39. The van der Waals surface area contributed by atoms with Gasteiger partial charge in [-0.3, -0.25) is 9.67 Å². The molecule has 0 aliphatic carbocycles. The van der Waals surface area contributed by atoms with Gasteiger partial charge < -0.3 is 4.90 Å². The summed E-state index contributed by atoms with van der Waals surface area (Å²) in [6.45, 7) is 6.22. The Labute approximate surface area is 153 Å². The van der Waals surface area contributed by atoms with Gasteiger partial charge >= 0.3 is 0 Å². The van der Waals surface area contributed by atoms with Crippen LogP contribution >= 0.6 is 0 Å². The molecule has 1 aliphatic rings. The van der Waals surface area contributed by atoms with Gasteiger partial charge in [0.05, 0.1) is 6.20 Å². The Balaban J connectivity index is 1.56. The number of aromatic nitrogens is 5. The van der Waals surface area contributed by atoms with Crippen molar-refractivity contribution in [1.29, 1.82) is 0 Å². The number of nitrogens with zero attached hydrogens (tertiary/aromatic N) is 6. The minimum absolute atomic E-state index is 0.632. The summed E-state index contributed by atoms with van der Waals surface area (Å²) >= 11 is 0. The molecule has 1 aliphatic heterocycles. The topological polar surface area (TPSA) is 59.7 Å². The highest BCUT2D eigenvalue weighted by Crippen LogP contribution is 2.29. The third-order valence-corrected chi connectivity index (χ3v) is 5.13. The number of rotatable bonds is 4. The fourth-order valence-electron chi connectivity index (χ4n) is 3.63. The molecule has 134 valence electrons. The molecular formula is C20H24N6. The van der Waals surface area contributed by atoms with E-state index in [0.717, 1.165) is 42.3 Å². The molecule has 0 N–H and O–H groups in total. The van der Waals surface area contributed by atoms with Crippen molar-refractivity contribution in [1.82, 2.24) is 24.7 Å². The lowest BCUT2D eigenvalue weighted by Gasteiger charge is -2.21. The van der Waals surface area contributed by atoms with Crippen molar-refractivity contribution in [3.63, 3.8) is 0 Å². The highest BCUT2D eigenvalue weighted by Gasteiger charge is 2.26. The predicted octanol–water partition coefficient (Wildman–Crippen LogP) is 2.96. The normalized spacial score (nSPS) is 17.0. The van der Waals surface area contributed by atoms with Crippen LogP contribution in [0.2, 0.25) is 0 Å². The van der Waals surface area contributed by atoms with Gasteiger partial charge in [0.15, 0.2) is 5.82 Å². The average molecular weight is 348 g/mol. The molecule has 0 radical (unpaired) electrons. The van der Waals surface area contributed by atoms with E-state index in [1.807, 2.05) is 36.1 Å². The second-order valence-corrected chi connectivity index (χ2v) is 7.12. The van der Waals surface area contributed by atoms with Crippen molar-refractivity contribution in [3.8, 4) is 11.5 Å². The van der Waals surface area contributed by atoms with E-state index in [2.05, 4.69) is 40.0 Å². The van der Waals surface area contributed by atoms with Gasteiger partial charge in [0.25, 0.3) is 0 Å². The smallest absolute Gasteiger partial charge is 0.180 e. The average Bonchev–Trinajstić information content (AvgIpc) is 3.27. The first kappa shape index (κ1) is 16.7. The first-order valence-electron chi connectivity index (χ1n) is 9.09. The lowest BCUT2D eigenvalue weighted by molar-refractivity contribution is 0.585. The van der Waals surface area contributed by atoms with Gasteiger partial charge in [-0.25, -0.2) is 9.97 Å². The van der Waals surface area contributed by atoms with Gasteiger partial charge in [0, 0.05) is 43.8 Å². The first-order valence-corrected chi connectivity index (χ1v) is 9.09. The first-order chi connectivity index (χ1) is 12.6. The van der Waals surface area contributed by atoms with Gasteiger partial charge in [0.2, 0.25) is 0 Å². The summed E-state index contributed by atoms with van der Waals surface area (Å²) in [6, 6.07) is 5.85. The van der Waals surface area contributed by atoms with Gasteiger partial charge in [0.1, 0.15) is 11.5 Å². The van der Waals surface area contributed by atoms with Crippen molar-refractivity contribution >= 4 is 5.82 Å². The Kier molecular flexibility index (Phi) is 4.41. The van der Waals surface area contributed by atoms with E-state index in [1.54, 1.807) is 6.20 Å². The number of pyridine rings is 1. The predicted molar refractivity (Wildman–Crippen MR) is 102 cm³/mol. The van der Waals surface area contributed by atoms with Crippen LogP contribution in [0.1, 0.15) is 23.2 Å². The number of aryl methyl sites for hydroxylation is 2. The van der Waals surface area contributed by atoms with E-state index < -0.39 is 0 Å². The maximum atomic E-state index is 4.87. The highest BCUT2D eigenvalue weighted by molar-refractivity contribution is 5.57. The summed E-state index contributed by atoms with van der Waals surface area (Å²) in [5, 5.41) is 4.28. The Morgan fingerprint density at radius 2 is 2.08 bits per heavy atom. The van der Waals surface area contributed by atoms with Gasteiger partial charge in [-0.1, -0.05) is 6.07 Å². The lowest BCUT2D eigenvalue weighted by atomic mass is 10.0. The zero-order valence-electron chi connectivity index (χ0n) is 15.6. The molecule has 3 aromatic heterocycles. The Morgan fingerprint density at radius 3 is 2.81 bits per heavy atom. The van der Waals surface area contributed by atoms with E-state index in [-0.39, 0.29) is 0 Å². The molecule has 0 aromatic carbocycles. The quantitative estimate of drug-likeness (QED) is 0.725. The molecule has 0 bridgehead atoms. The third-order valence-electron chi connectivity index (χ3n) is 5.13. The Morgan fingerprint density at radius 1 is 1.19 bits per heavy atom. The second-order valence-electron chi connectivity index (χ2n) is 7.12. The minimum atomic E-state index is 0.632. The van der Waals surface area contributed by atoms with Gasteiger partial charge in [-0.2, -0.15) is 5.10 Å². The van der Waals surface area contributed by atoms with Crippen LogP contribution in [-0.2, 0) is 13.5 Å². The number of hydrogen-bond donors (Lipinski definition) is 0.